The van der Waals surface area contributed by atoms with Crippen molar-refractivity contribution < 1.29 is 9.53 Å². The van der Waals surface area contributed by atoms with E-state index in [0.717, 1.165) is 63.3 Å². The van der Waals surface area contributed by atoms with Crippen LogP contribution in [0.4, 0.5) is 0 Å². The van der Waals surface area contributed by atoms with E-state index in [2.05, 4.69) is 40.4 Å². The zero-order valence-electron chi connectivity index (χ0n) is 15.3. The summed E-state index contributed by atoms with van der Waals surface area (Å²) in [7, 11) is 3.80. The van der Waals surface area contributed by atoms with Gasteiger partial charge in [0.1, 0.15) is 11.3 Å². The fraction of sp³-hybridized carbons (Fsp3) is 0.550. The Morgan fingerprint density at radius 1 is 1.24 bits per heavy atom. The zero-order chi connectivity index (χ0) is 17.7. The summed E-state index contributed by atoms with van der Waals surface area (Å²) in [5.41, 5.74) is 0.792. The molecular formula is C20H29N3O2. The number of rotatable bonds is 4. The maximum Gasteiger partial charge on any atom is 0.240 e. The van der Waals surface area contributed by atoms with E-state index in [9.17, 15) is 4.79 Å². The number of carbonyl (C=O) groups is 1. The fourth-order valence-corrected chi connectivity index (χ4v) is 3.92. The first-order valence-electron chi connectivity index (χ1n) is 9.17. The van der Waals surface area contributed by atoms with Gasteiger partial charge in [0.2, 0.25) is 5.91 Å². The number of nitrogens with one attached hydrogen (secondary N) is 1. The van der Waals surface area contributed by atoms with Gasteiger partial charge in [-0.1, -0.05) is 30.4 Å². The second-order valence-corrected chi connectivity index (χ2v) is 7.01. The van der Waals surface area contributed by atoms with Crippen molar-refractivity contribution in [2.45, 2.75) is 24.8 Å². The molecule has 1 amide bonds. The van der Waals surface area contributed by atoms with Crippen molar-refractivity contribution in [3.8, 4) is 5.75 Å². The molecule has 2 heterocycles. The van der Waals surface area contributed by atoms with Crippen LogP contribution in [0.25, 0.3) is 6.08 Å². The van der Waals surface area contributed by atoms with E-state index in [1.807, 2.05) is 18.2 Å². The molecule has 2 saturated heterocycles. The fourth-order valence-electron chi connectivity index (χ4n) is 3.92. The second kappa shape index (κ2) is 8.02. The SMILES string of the molecule is COc1ccccc1/C=C/CN1CCC2(CC1)C(=O)NCCCN2C. The molecule has 0 aliphatic carbocycles. The van der Waals surface area contributed by atoms with Crippen LogP contribution in [0.2, 0.25) is 0 Å². The molecular weight excluding hydrogens is 314 g/mol. The van der Waals surface area contributed by atoms with E-state index in [1.54, 1.807) is 7.11 Å². The molecule has 136 valence electrons. The van der Waals surface area contributed by atoms with Crippen LogP contribution in [0.3, 0.4) is 0 Å². The summed E-state index contributed by atoms with van der Waals surface area (Å²) in [6.45, 7) is 4.60. The molecule has 0 bridgehead atoms. The largest absolute Gasteiger partial charge is 0.496 e. The Hall–Kier alpha value is -1.85. The second-order valence-electron chi connectivity index (χ2n) is 7.01. The Balaban J connectivity index is 1.57. The summed E-state index contributed by atoms with van der Waals surface area (Å²) in [6, 6.07) is 8.04. The van der Waals surface area contributed by atoms with Crippen LogP contribution in [0.5, 0.6) is 5.75 Å². The lowest BCUT2D eigenvalue weighted by atomic mass is 9.85. The summed E-state index contributed by atoms with van der Waals surface area (Å²) in [5.74, 6) is 1.12. The van der Waals surface area contributed by atoms with Gasteiger partial charge in [-0.05, 0) is 32.4 Å². The van der Waals surface area contributed by atoms with Crippen LogP contribution in [0.15, 0.2) is 30.3 Å². The highest BCUT2D eigenvalue weighted by molar-refractivity contribution is 5.86. The van der Waals surface area contributed by atoms with E-state index in [4.69, 9.17) is 4.74 Å². The number of ether oxygens (including phenoxy) is 1. The summed E-state index contributed by atoms with van der Waals surface area (Å²) in [5, 5.41) is 3.10. The number of amides is 1. The monoisotopic (exact) mass is 343 g/mol. The number of benzene rings is 1. The first-order valence-corrected chi connectivity index (χ1v) is 9.17. The molecule has 5 nitrogen and oxygen atoms in total. The average Bonchev–Trinajstić information content (AvgIpc) is 2.77. The number of likely N-dealkylation sites (tertiary alicyclic amines) is 1. The Kier molecular flexibility index (Phi) is 5.76. The molecule has 3 rings (SSSR count). The van der Waals surface area contributed by atoms with Crippen LogP contribution in [-0.2, 0) is 4.79 Å². The maximum atomic E-state index is 12.6. The summed E-state index contributed by atoms with van der Waals surface area (Å²) >= 11 is 0. The molecule has 0 aromatic heterocycles. The number of carbonyl (C=O) groups excluding carboxylic acids is 1. The molecule has 25 heavy (non-hydrogen) atoms. The molecule has 1 spiro atoms. The molecule has 0 radical (unpaired) electrons. The lowest BCUT2D eigenvalue weighted by molar-refractivity contribution is -0.134. The van der Waals surface area contributed by atoms with Crippen molar-refractivity contribution in [2.75, 3.05) is 46.9 Å². The third kappa shape index (κ3) is 3.88. The molecule has 5 heteroatoms. The third-order valence-electron chi connectivity index (χ3n) is 5.59. The van der Waals surface area contributed by atoms with E-state index >= 15 is 0 Å². The molecule has 0 unspecified atom stereocenters. The van der Waals surface area contributed by atoms with Crippen molar-refractivity contribution in [2.24, 2.45) is 0 Å². The molecule has 2 aliphatic rings. The van der Waals surface area contributed by atoms with Crippen LogP contribution >= 0.6 is 0 Å². The highest BCUT2D eigenvalue weighted by Gasteiger charge is 2.45. The van der Waals surface area contributed by atoms with Crippen molar-refractivity contribution in [1.82, 2.24) is 15.1 Å². The van der Waals surface area contributed by atoms with E-state index in [-0.39, 0.29) is 11.4 Å². The van der Waals surface area contributed by atoms with Gasteiger partial charge in [-0.2, -0.15) is 0 Å². The normalized spacial score (nSPS) is 22.1. The lowest BCUT2D eigenvalue weighted by Gasteiger charge is -2.44. The minimum Gasteiger partial charge on any atom is -0.496 e. The third-order valence-corrected chi connectivity index (χ3v) is 5.59. The zero-order valence-corrected chi connectivity index (χ0v) is 15.3. The molecule has 0 atom stereocenters. The minimum atomic E-state index is -0.306. The number of hydrogen-bond donors (Lipinski definition) is 1. The Bertz CT molecular complexity index is 621. The standard InChI is InChI=1S/C20H29N3O2/c1-22-13-6-12-21-19(24)20(22)10-15-23(16-11-20)14-5-8-17-7-3-4-9-18(17)25-2/h3-5,7-9H,6,10-16H2,1-2H3,(H,21,24)/b8-5+. The van der Waals surface area contributed by atoms with E-state index < -0.39 is 0 Å². The predicted octanol–water partition coefficient (Wildman–Crippen LogP) is 1.99. The molecule has 2 fully saturated rings. The Morgan fingerprint density at radius 2 is 2.00 bits per heavy atom. The summed E-state index contributed by atoms with van der Waals surface area (Å²) in [4.78, 5) is 17.3. The van der Waals surface area contributed by atoms with Crippen molar-refractivity contribution in [3.63, 3.8) is 0 Å². The van der Waals surface area contributed by atoms with Crippen LogP contribution in [0.1, 0.15) is 24.8 Å². The maximum absolute atomic E-state index is 12.6. The number of hydrogen-bond acceptors (Lipinski definition) is 4. The predicted molar refractivity (Wildman–Crippen MR) is 101 cm³/mol. The number of nitrogens with zero attached hydrogens (tertiary/aromatic N) is 2. The van der Waals surface area contributed by atoms with Gasteiger partial charge in [-0.15, -0.1) is 0 Å². The quantitative estimate of drug-likeness (QED) is 0.908. The summed E-state index contributed by atoms with van der Waals surface area (Å²) < 4.78 is 5.38. The van der Waals surface area contributed by atoms with Gasteiger partial charge in [0, 0.05) is 38.3 Å². The molecule has 0 saturated carbocycles. The van der Waals surface area contributed by atoms with Crippen LogP contribution in [-0.4, -0.2) is 68.1 Å². The van der Waals surface area contributed by atoms with Gasteiger partial charge in [-0.25, -0.2) is 0 Å². The highest BCUT2D eigenvalue weighted by atomic mass is 16.5. The van der Waals surface area contributed by atoms with Crippen LogP contribution < -0.4 is 10.1 Å². The smallest absolute Gasteiger partial charge is 0.240 e. The van der Waals surface area contributed by atoms with Gasteiger partial charge in [0.05, 0.1) is 7.11 Å². The van der Waals surface area contributed by atoms with E-state index in [1.165, 1.54) is 0 Å². The highest BCUT2D eigenvalue weighted by Crippen LogP contribution is 2.30. The number of para-hydroxylation sites is 1. The molecule has 1 N–H and O–H groups in total. The Labute approximate surface area is 150 Å². The molecule has 1 aromatic carbocycles. The van der Waals surface area contributed by atoms with Gasteiger partial charge in [-0.3, -0.25) is 14.6 Å². The first kappa shape index (κ1) is 18.0. The molecule has 2 aliphatic heterocycles. The van der Waals surface area contributed by atoms with Crippen molar-refractivity contribution in [3.05, 3.63) is 35.9 Å². The van der Waals surface area contributed by atoms with E-state index in [0.29, 0.717) is 0 Å². The van der Waals surface area contributed by atoms with Crippen LogP contribution in [0, 0.1) is 0 Å². The van der Waals surface area contributed by atoms with Gasteiger partial charge in [0.15, 0.2) is 0 Å². The summed E-state index contributed by atoms with van der Waals surface area (Å²) in [6.07, 6.45) is 7.14. The topological polar surface area (TPSA) is 44.8 Å². The number of methoxy groups -OCH3 is 1. The van der Waals surface area contributed by atoms with Gasteiger partial charge in [0.25, 0.3) is 0 Å². The average molecular weight is 343 g/mol. The number of piperidine rings is 1. The van der Waals surface area contributed by atoms with Crippen molar-refractivity contribution in [1.29, 1.82) is 0 Å². The Morgan fingerprint density at radius 3 is 2.76 bits per heavy atom. The number of likely N-dealkylation sites (N-methyl/N-ethyl adjacent to an activating group) is 1. The van der Waals surface area contributed by atoms with Gasteiger partial charge >= 0.3 is 0 Å². The molecule has 1 aromatic rings. The first-order chi connectivity index (χ1) is 12.2. The van der Waals surface area contributed by atoms with Crippen molar-refractivity contribution >= 4 is 12.0 Å². The lowest BCUT2D eigenvalue weighted by Crippen LogP contribution is -2.60. The van der Waals surface area contributed by atoms with Gasteiger partial charge < -0.3 is 10.1 Å². The minimum absolute atomic E-state index is 0.219.